The highest BCUT2D eigenvalue weighted by atomic mass is 127. The number of thiazole rings is 1. The van der Waals surface area contributed by atoms with E-state index in [1.165, 1.54) is 9.88 Å². The van der Waals surface area contributed by atoms with Gasteiger partial charge in [0.1, 0.15) is 0 Å². The molecular weight excluding hydrogens is 415 g/mol. The van der Waals surface area contributed by atoms with Crippen LogP contribution in [0.4, 0.5) is 0 Å². The average Bonchev–Trinajstić information content (AvgIpc) is 3.13. The molecular formula is C14H21IN4S2. The molecule has 2 aromatic rings. The molecule has 0 saturated carbocycles. The number of aryl methyl sites for hydroxylation is 1. The van der Waals surface area contributed by atoms with Gasteiger partial charge in [-0.25, -0.2) is 4.98 Å². The van der Waals surface area contributed by atoms with E-state index in [1.807, 2.05) is 0 Å². The topological polar surface area (TPSA) is 49.3 Å². The van der Waals surface area contributed by atoms with Crippen molar-refractivity contribution < 1.29 is 0 Å². The molecule has 2 N–H and O–H groups in total. The fourth-order valence-corrected chi connectivity index (χ4v) is 3.16. The molecule has 0 aliphatic rings. The first-order valence-corrected chi connectivity index (χ1v) is 8.48. The normalized spacial score (nSPS) is 11.0. The smallest absolute Gasteiger partial charge is 0.191 e. The third-order valence-electron chi connectivity index (χ3n) is 2.81. The molecule has 0 unspecified atom stereocenters. The van der Waals surface area contributed by atoms with Gasteiger partial charge < -0.3 is 10.6 Å². The number of halogens is 1. The Bertz CT molecular complexity index is 537. The van der Waals surface area contributed by atoms with Crippen molar-refractivity contribution in [1.82, 2.24) is 15.6 Å². The largest absolute Gasteiger partial charge is 0.356 e. The van der Waals surface area contributed by atoms with E-state index < -0.39 is 0 Å². The minimum Gasteiger partial charge on any atom is -0.356 e. The number of guanidine groups is 1. The molecule has 0 saturated heterocycles. The summed E-state index contributed by atoms with van der Waals surface area (Å²) in [6.45, 7) is 3.79. The van der Waals surface area contributed by atoms with Crippen LogP contribution < -0.4 is 10.6 Å². The van der Waals surface area contributed by atoms with Gasteiger partial charge in [-0.2, -0.15) is 0 Å². The predicted molar refractivity (Wildman–Crippen MR) is 103 cm³/mol. The number of thiophene rings is 1. The number of nitrogens with zero attached hydrogens (tertiary/aromatic N) is 2. The van der Waals surface area contributed by atoms with E-state index in [0.717, 1.165) is 37.6 Å². The first-order chi connectivity index (χ1) is 9.81. The lowest BCUT2D eigenvalue weighted by molar-refractivity contribution is 0.788. The summed E-state index contributed by atoms with van der Waals surface area (Å²) in [7, 11) is 1.79. The molecule has 2 rings (SSSR count). The number of hydrogen-bond donors (Lipinski definition) is 2. The molecule has 0 radical (unpaired) electrons. The zero-order valence-electron chi connectivity index (χ0n) is 12.3. The third-order valence-corrected chi connectivity index (χ3v) is 4.73. The van der Waals surface area contributed by atoms with Crippen LogP contribution in [0.1, 0.15) is 22.5 Å². The van der Waals surface area contributed by atoms with Crippen molar-refractivity contribution >= 4 is 52.6 Å². The Morgan fingerprint density at radius 2 is 2.19 bits per heavy atom. The molecule has 0 atom stereocenters. The van der Waals surface area contributed by atoms with Crippen LogP contribution in [-0.4, -0.2) is 24.5 Å². The molecule has 116 valence electrons. The number of hydrogen-bond acceptors (Lipinski definition) is 4. The second kappa shape index (κ2) is 10.1. The van der Waals surface area contributed by atoms with Gasteiger partial charge in [0.2, 0.25) is 0 Å². The van der Waals surface area contributed by atoms with E-state index in [4.69, 9.17) is 0 Å². The van der Waals surface area contributed by atoms with Gasteiger partial charge in [0.05, 0.1) is 17.2 Å². The van der Waals surface area contributed by atoms with Crippen LogP contribution in [0.15, 0.2) is 27.9 Å². The SMILES string of the molecule is CCc1nc(CCNC(=NC)NCc2cccs2)cs1.I. The number of nitrogens with one attached hydrogen (secondary N) is 2. The zero-order chi connectivity index (χ0) is 14.2. The molecule has 21 heavy (non-hydrogen) atoms. The summed E-state index contributed by atoms with van der Waals surface area (Å²) >= 11 is 3.49. The van der Waals surface area contributed by atoms with Crippen molar-refractivity contribution in [3.05, 3.63) is 38.5 Å². The quantitative estimate of drug-likeness (QED) is 0.415. The second-order valence-electron chi connectivity index (χ2n) is 4.27. The van der Waals surface area contributed by atoms with E-state index in [9.17, 15) is 0 Å². The van der Waals surface area contributed by atoms with Crippen molar-refractivity contribution in [2.24, 2.45) is 4.99 Å². The van der Waals surface area contributed by atoms with Crippen LogP contribution in [0.25, 0.3) is 0 Å². The van der Waals surface area contributed by atoms with Gasteiger partial charge in [0.15, 0.2) is 5.96 Å². The van der Waals surface area contributed by atoms with Crippen LogP contribution in [-0.2, 0) is 19.4 Å². The van der Waals surface area contributed by atoms with E-state index in [1.54, 1.807) is 29.7 Å². The standard InChI is InChI=1S/C14H20N4S2.HI/c1-3-13-18-11(10-20-13)6-7-16-14(15-2)17-9-12-5-4-8-19-12;/h4-5,8,10H,3,6-7,9H2,1-2H3,(H2,15,16,17);1H. The molecule has 2 aromatic heterocycles. The van der Waals surface area contributed by atoms with Crippen LogP contribution in [0, 0.1) is 0 Å². The average molecular weight is 436 g/mol. The summed E-state index contributed by atoms with van der Waals surface area (Å²) in [5.74, 6) is 0.837. The highest BCUT2D eigenvalue weighted by molar-refractivity contribution is 14.0. The Morgan fingerprint density at radius 1 is 1.33 bits per heavy atom. The lowest BCUT2D eigenvalue weighted by Crippen LogP contribution is -2.37. The van der Waals surface area contributed by atoms with Crippen molar-refractivity contribution in [3.8, 4) is 0 Å². The first kappa shape index (κ1) is 18.4. The molecule has 0 aromatic carbocycles. The summed E-state index contributed by atoms with van der Waals surface area (Å²) in [6.07, 6.45) is 1.94. The lowest BCUT2D eigenvalue weighted by atomic mass is 10.3. The molecule has 0 aliphatic heterocycles. The van der Waals surface area contributed by atoms with Gasteiger partial charge in [-0.15, -0.1) is 46.7 Å². The second-order valence-corrected chi connectivity index (χ2v) is 6.24. The summed E-state index contributed by atoms with van der Waals surface area (Å²) in [6, 6.07) is 4.18. The third kappa shape index (κ3) is 6.31. The molecule has 2 heterocycles. The summed E-state index contributed by atoms with van der Waals surface area (Å²) in [5, 5.41) is 12.1. The van der Waals surface area contributed by atoms with Gasteiger partial charge in [-0.05, 0) is 17.9 Å². The molecule has 0 spiro atoms. The Hall–Kier alpha value is -0.670. The van der Waals surface area contributed by atoms with Gasteiger partial charge in [0.25, 0.3) is 0 Å². The van der Waals surface area contributed by atoms with Crippen LogP contribution >= 0.6 is 46.7 Å². The van der Waals surface area contributed by atoms with Crippen molar-refractivity contribution in [2.45, 2.75) is 26.3 Å². The van der Waals surface area contributed by atoms with Crippen LogP contribution in [0.2, 0.25) is 0 Å². The van der Waals surface area contributed by atoms with Gasteiger partial charge in [-0.3, -0.25) is 4.99 Å². The number of aliphatic imine (C=N–C) groups is 1. The van der Waals surface area contributed by atoms with E-state index in [2.05, 4.69) is 50.4 Å². The molecule has 0 fully saturated rings. The number of aromatic nitrogens is 1. The predicted octanol–water partition coefficient (Wildman–Crippen LogP) is 3.29. The maximum absolute atomic E-state index is 4.56. The minimum atomic E-state index is 0. The molecule has 0 amide bonds. The lowest BCUT2D eigenvalue weighted by Gasteiger charge is -2.10. The van der Waals surface area contributed by atoms with E-state index >= 15 is 0 Å². The van der Waals surface area contributed by atoms with Crippen molar-refractivity contribution in [3.63, 3.8) is 0 Å². The fourth-order valence-electron chi connectivity index (χ4n) is 1.74. The minimum absolute atomic E-state index is 0. The summed E-state index contributed by atoms with van der Waals surface area (Å²) in [5.41, 5.74) is 1.16. The van der Waals surface area contributed by atoms with E-state index in [0.29, 0.717) is 0 Å². The zero-order valence-corrected chi connectivity index (χ0v) is 16.2. The maximum Gasteiger partial charge on any atom is 0.191 e. The summed E-state index contributed by atoms with van der Waals surface area (Å²) in [4.78, 5) is 10.1. The van der Waals surface area contributed by atoms with Gasteiger partial charge >= 0.3 is 0 Å². The monoisotopic (exact) mass is 436 g/mol. The highest BCUT2D eigenvalue weighted by Crippen LogP contribution is 2.10. The van der Waals surface area contributed by atoms with Crippen LogP contribution in [0.5, 0.6) is 0 Å². The Morgan fingerprint density at radius 3 is 2.81 bits per heavy atom. The van der Waals surface area contributed by atoms with E-state index in [-0.39, 0.29) is 24.0 Å². The highest BCUT2D eigenvalue weighted by Gasteiger charge is 2.02. The Balaban J connectivity index is 0.00000220. The Kier molecular flexibility index (Phi) is 8.86. The van der Waals surface area contributed by atoms with Gasteiger partial charge in [-0.1, -0.05) is 13.0 Å². The van der Waals surface area contributed by atoms with Gasteiger partial charge in [0, 0.05) is 30.3 Å². The molecule has 0 aliphatic carbocycles. The first-order valence-electron chi connectivity index (χ1n) is 6.72. The van der Waals surface area contributed by atoms with Crippen molar-refractivity contribution in [1.29, 1.82) is 0 Å². The maximum atomic E-state index is 4.56. The molecule has 4 nitrogen and oxygen atoms in total. The summed E-state index contributed by atoms with van der Waals surface area (Å²) < 4.78 is 0. The Labute approximate surface area is 151 Å². The van der Waals surface area contributed by atoms with Crippen molar-refractivity contribution in [2.75, 3.05) is 13.6 Å². The number of rotatable bonds is 6. The fraction of sp³-hybridized carbons (Fsp3) is 0.429. The molecule has 7 heteroatoms. The molecule has 0 bridgehead atoms. The van der Waals surface area contributed by atoms with Crippen LogP contribution in [0.3, 0.4) is 0 Å².